The van der Waals surface area contributed by atoms with Crippen LogP contribution in [-0.4, -0.2) is 42.8 Å². The molecule has 108 valence electrons. The van der Waals surface area contributed by atoms with Gasteiger partial charge in [0.2, 0.25) is 0 Å². The average molecular weight is 266 g/mol. The summed E-state index contributed by atoms with van der Waals surface area (Å²) in [6, 6.07) is 0. The van der Waals surface area contributed by atoms with Crippen molar-refractivity contribution in [1.82, 2.24) is 10.2 Å². The van der Waals surface area contributed by atoms with E-state index in [-0.39, 0.29) is 11.7 Å². The molecule has 1 aliphatic carbocycles. The molecule has 4 nitrogen and oxygen atoms in total. The molecule has 0 aromatic heterocycles. The van der Waals surface area contributed by atoms with Crippen LogP contribution >= 0.6 is 0 Å². The Morgan fingerprint density at radius 3 is 2.53 bits per heavy atom. The van der Waals surface area contributed by atoms with Gasteiger partial charge >= 0.3 is 6.09 Å². The molecule has 1 N–H and O–H groups in total. The summed E-state index contributed by atoms with van der Waals surface area (Å²) in [4.78, 5) is 13.9. The van der Waals surface area contributed by atoms with Gasteiger partial charge in [-0.15, -0.1) is 0 Å². The zero-order chi connectivity index (χ0) is 13.7. The monoisotopic (exact) mass is 266 g/mol. The van der Waals surface area contributed by atoms with E-state index >= 15 is 0 Å². The van der Waals surface area contributed by atoms with Gasteiger partial charge in [0.05, 0.1) is 0 Å². The predicted molar refractivity (Wildman–Crippen MR) is 73.9 cm³/mol. The van der Waals surface area contributed by atoms with E-state index in [4.69, 9.17) is 4.74 Å². The number of amides is 1. The van der Waals surface area contributed by atoms with Gasteiger partial charge in [-0.3, -0.25) is 0 Å². The minimum atomic E-state index is -0.386. The molecule has 2 heterocycles. The lowest BCUT2D eigenvalue weighted by Gasteiger charge is -2.56. The van der Waals surface area contributed by atoms with Crippen LogP contribution in [-0.2, 0) is 4.74 Å². The number of carbonyl (C=O) groups excluding carboxylic acids is 1. The van der Waals surface area contributed by atoms with Crippen LogP contribution in [0.15, 0.2) is 0 Å². The van der Waals surface area contributed by atoms with Crippen LogP contribution in [0.4, 0.5) is 4.79 Å². The number of nitrogens with zero attached hydrogens (tertiary/aromatic N) is 1. The number of carbonyl (C=O) groups is 1. The molecular weight excluding hydrogens is 240 g/mol. The Balaban J connectivity index is 1.54. The lowest BCUT2D eigenvalue weighted by Crippen LogP contribution is -2.55. The van der Waals surface area contributed by atoms with Gasteiger partial charge in [-0.1, -0.05) is 0 Å². The van der Waals surface area contributed by atoms with E-state index < -0.39 is 0 Å². The van der Waals surface area contributed by atoms with E-state index in [1.165, 1.54) is 19.5 Å². The third kappa shape index (κ3) is 2.35. The van der Waals surface area contributed by atoms with Gasteiger partial charge < -0.3 is 15.0 Å². The molecule has 3 aliphatic rings. The van der Waals surface area contributed by atoms with Gasteiger partial charge in [-0.05, 0) is 70.4 Å². The van der Waals surface area contributed by atoms with Crippen LogP contribution in [0, 0.1) is 17.3 Å². The summed E-state index contributed by atoms with van der Waals surface area (Å²) in [5, 5.41) is 3.52. The number of rotatable bonds is 0. The lowest BCUT2D eigenvalue weighted by molar-refractivity contribution is -0.0637. The van der Waals surface area contributed by atoms with Crippen molar-refractivity contribution < 1.29 is 9.53 Å². The minimum Gasteiger partial charge on any atom is -0.444 e. The Bertz CT molecular complexity index is 367. The predicted octanol–water partition coefficient (Wildman–Crippen LogP) is 2.24. The second kappa shape index (κ2) is 4.37. The number of hydrogen-bond acceptors (Lipinski definition) is 3. The molecular formula is C15H26N2O2. The summed E-state index contributed by atoms with van der Waals surface area (Å²) < 4.78 is 5.46. The topological polar surface area (TPSA) is 41.6 Å². The number of likely N-dealkylation sites (tertiary alicyclic amines) is 1. The molecule has 3 rings (SSSR count). The van der Waals surface area contributed by atoms with E-state index in [2.05, 4.69) is 5.32 Å². The number of ether oxygens (including phenoxy) is 1. The molecule has 4 heteroatoms. The van der Waals surface area contributed by atoms with Gasteiger partial charge in [-0.2, -0.15) is 0 Å². The molecule has 2 atom stereocenters. The van der Waals surface area contributed by atoms with Crippen LogP contribution in [0.3, 0.4) is 0 Å². The third-order valence-corrected chi connectivity index (χ3v) is 5.21. The normalized spacial score (nSPS) is 32.9. The van der Waals surface area contributed by atoms with Crippen LogP contribution in [0.1, 0.15) is 40.0 Å². The number of nitrogens with one attached hydrogen (secondary N) is 1. The average Bonchev–Trinajstić information content (AvgIpc) is 2.70. The van der Waals surface area contributed by atoms with E-state index in [1.807, 2.05) is 25.7 Å². The zero-order valence-corrected chi connectivity index (χ0v) is 12.4. The van der Waals surface area contributed by atoms with E-state index in [1.54, 1.807) is 0 Å². The first-order valence-electron chi connectivity index (χ1n) is 7.58. The second-order valence-electron chi connectivity index (χ2n) is 7.56. The molecule has 1 saturated carbocycles. The molecule has 0 aromatic carbocycles. The third-order valence-electron chi connectivity index (χ3n) is 5.21. The fraction of sp³-hybridized carbons (Fsp3) is 0.933. The summed E-state index contributed by atoms with van der Waals surface area (Å²) in [5.74, 6) is 1.78. The molecule has 2 saturated heterocycles. The maximum atomic E-state index is 12.1. The van der Waals surface area contributed by atoms with E-state index in [0.29, 0.717) is 5.41 Å². The highest BCUT2D eigenvalue weighted by atomic mass is 16.6. The van der Waals surface area contributed by atoms with Crippen LogP contribution in [0.25, 0.3) is 0 Å². The second-order valence-corrected chi connectivity index (χ2v) is 7.56. The maximum absolute atomic E-state index is 12.1. The van der Waals surface area contributed by atoms with Crippen molar-refractivity contribution in [2.75, 3.05) is 26.2 Å². The Morgan fingerprint density at radius 1 is 1.26 bits per heavy atom. The SMILES string of the molecule is CC(C)(C)OC(=O)N1CCC2(CC1)C[C@@H]1CNC[C@@H]12. The summed E-state index contributed by atoms with van der Waals surface area (Å²) >= 11 is 0. The highest BCUT2D eigenvalue weighted by molar-refractivity contribution is 5.68. The van der Waals surface area contributed by atoms with Crippen molar-refractivity contribution in [2.24, 2.45) is 17.3 Å². The summed E-state index contributed by atoms with van der Waals surface area (Å²) in [5.41, 5.74) is 0.149. The van der Waals surface area contributed by atoms with Crippen molar-refractivity contribution in [3.63, 3.8) is 0 Å². The fourth-order valence-corrected chi connectivity index (χ4v) is 4.21. The molecule has 0 unspecified atom stereocenters. The minimum absolute atomic E-state index is 0.136. The summed E-state index contributed by atoms with van der Waals surface area (Å²) in [6.07, 6.45) is 3.56. The van der Waals surface area contributed by atoms with Gasteiger partial charge in [-0.25, -0.2) is 4.79 Å². The molecule has 0 bridgehead atoms. The van der Waals surface area contributed by atoms with Gasteiger partial charge in [0, 0.05) is 13.1 Å². The molecule has 1 amide bonds. The largest absolute Gasteiger partial charge is 0.444 e. The first-order chi connectivity index (χ1) is 8.90. The molecule has 3 fully saturated rings. The Hall–Kier alpha value is -0.770. The summed E-state index contributed by atoms with van der Waals surface area (Å²) in [7, 11) is 0. The van der Waals surface area contributed by atoms with Crippen LogP contribution in [0.5, 0.6) is 0 Å². The number of fused-ring (bicyclic) bond motifs is 2. The van der Waals surface area contributed by atoms with Gasteiger partial charge in [0.1, 0.15) is 5.60 Å². The molecule has 19 heavy (non-hydrogen) atoms. The maximum Gasteiger partial charge on any atom is 0.410 e. The lowest BCUT2D eigenvalue weighted by atomic mass is 9.51. The fourth-order valence-electron chi connectivity index (χ4n) is 4.21. The Kier molecular flexibility index (Phi) is 3.04. The zero-order valence-electron chi connectivity index (χ0n) is 12.4. The standard InChI is InChI=1S/C15H26N2O2/c1-14(2,3)19-13(18)17-6-4-15(5-7-17)8-11-9-16-10-12(11)15/h11-12,16H,4-10H2,1-3H3/t11-,12+/m1/s1. The van der Waals surface area contributed by atoms with Gasteiger partial charge in [0.15, 0.2) is 0 Å². The van der Waals surface area contributed by atoms with E-state index in [9.17, 15) is 4.79 Å². The first-order valence-corrected chi connectivity index (χ1v) is 7.58. The van der Waals surface area contributed by atoms with Crippen LogP contribution in [0.2, 0.25) is 0 Å². The molecule has 0 radical (unpaired) electrons. The molecule has 0 aromatic rings. The van der Waals surface area contributed by atoms with Crippen molar-refractivity contribution in [3.05, 3.63) is 0 Å². The highest BCUT2D eigenvalue weighted by Crippen LogP contribution is 2.58. The quantitative estimate of drug-likeness (QED) is 0.731. The van der Waals surface area contributed by atoms with Crippen molar-refractivity contribution in [2.45, 2.75) is 45.6 Å². The number of piperidine rings is 1. The molecule has 1 spiro atoms. The van der Waals surface area contributed by atoms with E-state index in [0.717, 1.165) is 37.8 Å². The van der Waals surface area contributed by atoms with Crippen molar-refractivity contribution >= 4 is 6.09 Å². The molecule has 2 aliphatic heterocycles. The summed E-state index contributed by atoms with van der Waals surface area (Å²) in [6.45, 7) is 9.93. The van der Waals surface area contributed by atoms with Crippen molar-refractivity contribution in [3.8, 4) is 0 Å². The Labute approximate surface area is 115 Å². The Morgan fingerprint density at radius 2 is 1.95 bits per heavy atom. The van der Waals surface area contributed by atoms with Crippen LogP contribution < -0.4 is 5.32 Å². The smallest absolute Gasteiger partial charge is 0.410 e. The van der Waals surface area contributed by atoms with Gasteiger partial charge in [0.25, 0.3) is 0 Å². The van der Waals surface area contributed by atoms with Crippen molar-refractivity contribution in [1.29, 1.82) is 0 Å². The highest BCUT2D eigenvalue weighted by Gasteiger charge is 2.56. The first kappa shape index (κ1) is 13.2. The number of hydrogen-bond donors (Lipinski definition) is 1.